The number of anilines is 1. The third kappa shape index (κ3) is 9.76. The first-order valence-electron chi connectivity index (χ1n) is 22.5. The number of hydrogen-bond donors (Lipinski definition) is 4. The summed E-state index contributed by atoms with van der Waals surface area (Å²) in [4.78, 5) is 78.3. The Hall–Kier alpha value is -8.30. The monoisotopic (exact) mass is 943 g/mol. The van der Waals surface area contributed by atoms with E-state index < -0.39 is 36.4 Å². The van der Waals surface area contributed by atoms with Gasteiger partial charge in [-0.1, -0.05) is 12.2 Å². The fraction of sp³-hybridized carbons (Fsp3) is 0.362. The van der Waals surface area contributed by atoms with Crippen LogP contribution in [0, 0.1) is 19.8 Å². The molecule has 6 heterocycles. The number of rotatable bonds is 18. The van der Waals surface area contributed by atoms with Gasteiger partial charge in [0.05, 0.1) is 36.1 Å². The van der Waals surface area contributed by atoms with E-state index in [1.54, 1.807) is 46.6 Å². The number of aryl methyl sites for hydroxylation is 4. The molecule has 0 bridgehead atoms. The Kier molecular flexibility index (Phi) is 13.6. The molecule has 0 radical (unpaired) electrons. The highest BCUT2D eigenvalue weighted by molar-refractivity contribution is 6.12. The Bertz CT molecular complexity index is 3170. The number of methoxy groups -OCH3 is 1. The molecule has 22 heteroatoms. The highest BCUT2D eigenvalue weighted by atomic mass is 16.6. The molecule has 0 aliphatic carbocycles. The summed E-state index contributed by atoms with van der Waals surface area (Å²) in [6.45, 7) is 9.47. The molecule has 69 heavy (non-hydrogen) atoms. The molecule has 8 rings (SSSR count). The molecule has 360 valence electrons. The molecule has 0 saturated carbocycles. The number of imidazole rings is 1. The summed E-state index contributed by atoms with van der Waals surface area (Å²) in [6.07, 6.45) is 6.85. The number of nitrogens with zero attached hydrogens (tertiary/aromatic N) is 10. The summed E-state index contributed by atoms with van der Waals surface area (Å²) in [7, 11) is 1.47. The van der Waals surface area contributed by atoms with Gasteiger partial charge in [0.2, 0.25) is 17.8 Å². The Morgan fingerprint density at radius 1 is 0.826 bits per heavy atom. The fourth-order valence-electron chi connectivity index (χ4n) is 8.74. The number of ether oxygens (including phenoxy) is 3. The second-order valence-corrected chi connectivity index (χ2v) is 16.6. The molecule has 6 N–H and O–H groups in total. The van der Waals surface area contributed by atoms with E-state index in [-0.39, 0.29) is 42.7 Å². The maximum Gasteiger partial charge on any atom is 0.410 e. The topological polar surface area (TPSA) is 285 Å². The molecule has 0 atom stereocenters. The number of nitrogens with one attached hydrogen (secondary N) is 1. The van der Waals surface area contributed by atoms with Crippen LogP contribution in [0.15, 0.2) is 54.7 Å². The van der Waals surface area contributed by atoms with Crippen LogP contribution >= 0.6 is 0 Å². The van der Waals surface area contributed by atoms with Crippen molar-refractivity contribution in [3.05, 3.63) is 83.0 Å². The maximum absolute atomic E-state index is 13.8. The van der Waals surface area contributed by atoms with Crippen LogP contribution in [0.25, 0.3) is 44.5 Å². The third-order valence-electron chi connectivity index (χ3n) is 12.1. The number of aromatic nitrogens is 9. The van der Waals surface area contributed by atoms with Crippen molar-refractivity contribution >= 4 is 68.7 Å². The van der Waals surface area contributed by atoms with Crippen molar-refractivity contribution in [1.82, 2.24) is 48.5 Å². The highest BCUT2D eigenvalue weighted by Gasteiger charge is 2.26. The van der Waals surface area contributed by atoms with Gasteiger partial charge in [-0.05, 0) is 89.3 Å². The summed E-state index contributed by atoms with van der Waals surface area (Å²) in [5.74, 6) is -1.41. The zero-order chi connectivity index (χ0) is 49.1. The molecule has 7 aromatic rings. The Labute approximate surface area is 394 Å². The number of primary amides is 2. The second-order valence-electron chi connectivity index (χ2n) is 16.6. The number of allylic oxidation sites excluding steroid dienone is 2. The number of nitrogens with two attached hydrogens (primary N) is 2. The van der Waals surface area contributed by atoms with Gasteiger partial charge < -0.3 is 44.8 Å². The quantitative estimate of drug-likeness (QED) is 0.0818. The minimum absolute atomic E-state index is 0.182. The van der Waals surface area contributed by atoms with E-state index in [0.29, 0.717) is 107 Å². The van der Waals surface area contributed by atoms with Crippen LogP contribution in [-0.2, 0) is 35.7 Å². The smallest absolute Gasteiger partial charge is 0.410 e. The van der Waals surface area contributed by atoms with Crippen molar-refractivity contribution in [2.45, 2.75) is 73.1 Å². The molecular weight excluding hydrogens is 891 g/mol. The molecule has 5 aromatic heterocycles. The lowest BCUT2D eigenvalue weighted by molar-refractivity contribution is -0.140. The number of aliphatic carboxylic acids is 1. The molecule has 22 nitrogen and oxygen atoms in total. The van der Waals surface area contributed by atoms with Crippen molar-refractivity contribution in [1.29, 1.82) is 0 Å². The van der Waals surface area contributed by atoms with Crippen LogP contribution in [0.5, 0.6) is 11.5 Å². The number of carbonyl (C=O) groups is 5. The number of hydrogen-bond acceptors (Lipinski definition) is 13. The first-order chi connectivity index (χ1) is 33.2. The summed E-state index contributed by atoms with van der Waals surface area (Å²) in [6, 6.07) is 10.0. The van der Waals surface area contributed by atoms with E-state index >= 15 is 0 Å². The lowest BCUT2D eigenvalue weighted by Gasteiger charge is -2.31. The zero-order valence-electron chi connectivity index (χ0n) is 38.9. The number of piperidine rings is 1. The van der Waals surface area contributed by atoms with Crippen LogP contribution in [-0.4, -0.2) is 117 Å². The molecule has 0 spiro atoms. The Balaban J connectivity index is 1.15. The molecule has 2 aromatic carbocycles. The number of amides is 4. The zero-order valence-corrected chi connectivity index (χ0v) is 38.9. The standard InChI is InChI=1S/C47H53N13O9/c1-6-59-34(18-26(3)54-59)43-50-24-32-31-20-29(41(48)63)23-37(68-17-12-28-10-15-56(16-11-28)47(66)69-25-38(61)62)39(31)57(44(32)52-43)13-8-9-14-58-40-33(21-30(42(49)64)22-36(40)67-5)51-46(58)53-45(65)35-19-27(4)55-60(35)7-2/h8-9,18-24,28H,6-7,10-17,25H2,1-5H3,(H2,48,63)(H2,49,64)(H,61,62)(H,51,53,65)/b9-8+. The van der Waals surface area contributed by atoms with Crippen molar-refractivity contribution in [3.8, 4) is 23.0 Å². The van der Waals surface area contributed by atoms with E-state index in [1.165, 1.54) is 18.1 Å². The van der Waals surface area contributed by atoms with E-state index in [4.69, 9.17) is 45.7 Å². The molecule has 1 saturated heterocycles. The predicted molar refractivity (Wildman–Crippen MR) is 253 cm³/mol. The number of carbonyl (C=O) groups excluding carboxylic acids is 4. The van der Waals surface area contributed by atoms with Gasteiger partial charge in [-0.3, -0.25) is 29.1 Å². The van der Waals surface area contributed by atoms with Crippen molar-refractivity contribution in [2.75, 3.05) is 38.7 Å². The lowest BCUT2D eigenvalue weighted by Crippen LogP contribution is -2.39. The van der Waals surface area contributed by atoms with Crippen LogP contribution in [0.3, 0.4) is 0 Å². The van der Waals surface area contributed by atoms with E-state index in [0.717, 1.165) is 11.4 Å². The summed E-state index contributed by atoms with van der Waals surface area (Å²) >= 11 is 0. The molecular formula is C47H53N13O9. The van der Waals surface area contributed by atoms with E-state index in [2.05, 4.69) is 15.5 Å². The molecule has 4 amide bonds. The Morgan fingerprint density at radius 2 is 1.49 bits per heavy atom. The van der Waals surface area contributed by atoms with Crippen molar-refractivity contribution < 1.29 is 43.3 Å². The lowest BCUT2D eigenvalue weighted by atomic mass is 9.94. The molecule has 1 aliphatic rings. The van der Waals surface area contributed by atoms with E-state index in [1.807, 2.05) is 48.2 Å². The Morgan fingerprint density at radius 3 is 2.17 bits per heavy atom. The van der Waals surface area contributed by atoms with Gasteiger partial charge >= 0.3 is 12.1 Å². The van der Waals surface area contributed by atoms with Gasteiger partial charge in [-0.25, -0.2) is 24.5 Å². The summed E-state index contributed by atoms with van der Waals surface area (Å²) in [5, 5.41) is 22.2. The van der Waals surface area contributed by atoms with Gasteiger partial charge in [-0.2, -0.15) is 10.2 Å². The molecule has 1 aliphatic heterocycles. The number of carboxylic acids is 1. The van der Waals surface area contributed by atoms with Gasteiger partial charge in [0.15, 0.2) is 12.4 Å². The predicted octanol–water partition coefficient (Wildman–Crippen LogP) is 5.07. The first-order valence-corrected chi connectivity index (χ1v) is 22.5. The van der Waals surface area contributed by atoms with E-state index in [9.17, 15) is 24.0 Å². The normalized spacial score (nSPS) is 13.2. The number of benzene rings is 2. The number of fused-ring (bicyclic) bond motifs is 4. The average Bonchev–Trinajstić information content (AvgIpc) is 4.10. The van der Waals surface area contributed by atoms with Gasteiger partial charge in [0.25, 0.3) is 5.91 Å². The van der Waals surface area contributed by atoms with Crippen molar-refractivity contribution in [2.24, 2.45) is 17.4 Å². The molecule has 1 fully saturated rings. The average molecular weight is 944 g/mol. The number of carboxylic acid groups (broad SMARTS) is 1. The SMILES string of the molecule is CCn1nc(C)cc1C(=O)Nc1nc2cc(C(N)=O)cc(OC)c2n1C/C=C/Cn1c2nc(-c3cc(C)nn3CC)ncc2c2cc(C(N)=O)cc(OCCC3CCN(C(=O)OCC(=O)O)CC3)c21. The van der Waals surface area contributed by atoms with Crippen LogP contribution in [0.2, 0.25) is 0 Å². The van der Waals surface area contributed by atoms with Gasteiger partial charge in [-0.15, -0.1) is 0 Å². The van der Waals surface area contributed by atoms with Crippen LogP contribution in [0.1, 0.15) is 75.7 Å². The second kappa shape index (κ2) is 19.9. The minimum Gasteiger partial charge on any atom is -0.494 e. The maximum atomic E-state index is 13.8. The fourth-order valence-corrected chi connectivity index (χ4v) is 8.74. The largest absolute Gasteiger partial charge is 0.494 e. The van der Waals surface area contributed by atoms with Crippen LogP contribution < -0.4 is 26.3 Å². The minimum atomic E-state index is -1.22. The van der Waals surface area contributed by atoms with Gasteiger partial charge in [0, 0.05) is 67.4 Å². The van der Waals surface area contributed by atoms with Gasteiger partial charge in [0.1, 0.15) is 34.1 Å². The summed E-state index contributed by atoms with van der Waals surface area (Å²) < 4.78 is 24.3. The van der Waals surface area contributed by atoms with Crippen LogP contribution in [0.4, 0.5) is 10.7 Å². The summed E-state index contributed by atoms with van der Waals surface area (Å²) in [5.41, 5.74) is 16.6. The number of likely N-dealkylation sites (tertiary alicyclic amines) is 1. The highest BCUT2D eigenvalue weighted by Crippen LogP contribution is 2.37. The third-order valence-corrected chi connectivity index (χ3v) is 12.1. The molecule has 0 unspecified atom stereocenters. The first kappa shape index (κ1) is 47.2. The van der Waals surface area contributed by atoms with Crippen molar-refractivity contribution in [3.63, 3.8) is 0 Å².